The molecule has 0 unspecified atom stereocenters. The number of aryl methyl sites for hydroxylation is 1. The average molecular weight is 408 g/mol. The van der Waals surface area contributed by atoms with Gasteiger partial charge >= 0.3 is 0 Å². The van der Waals surface area contributed by atoms with E-state index in [1.807, 2.05) is 25.1 Å². The molecule has 6 nitrogen and oxygen atoms in total. The number of likely N-dealkylation sites (tertiary alicyclic amines) is 1. The Hall–Kier alpha value is -2.47. The first-order chi connectivity index (χ1) is 14.7. The minimum absolute atomic E-state index is 0.122. The molecule has 0 saturated carbocycles. The molecule has 1 N–H and O–H groups in total. The number of nitrogens with one attached hydrogen (secondary N) is 1. The molecule has 1 aromatic heterocycles. The van der Waals surface area contributed by atoms with Gasteiger partial charge in [0, 0.05) is 44.0 Å². The molecule has 2 aromatic rings. The molecular formula is C24H33N5O. The normalized spacial score (nSPS) is 20.8. The van der Waals surface area contributed by atoms with Gasteiger partial charge in [-0.05, 0) is 51.1 Å². The number of benzene rings is 1. The Morgan fingerprint density at radius 1 is 1.10 bits per heavy atom. The van der Waals surface area contributed by atoms with Crippen LogP contribution in [-0.2, 0) is 11.2 Å². The molecule has 2 fully saturated rings. The number of piperidine rings is 2. The molecule has 1 atom stereocenters. The number of aromatic nitrogens is 2. The van der Waals surface area contributed by atoms with Crippen LogP contribution in [-0.4, -0.2) is 59.5 Å². The van der Waals surface area contributed by atoms with Crippen molar-refractivity contribution < 1.29 is 4.79 Å². The second kappa shape index (κ2) is 10.0. The Labute approximate surface area is 179 Å². The van der Waals surface area contributed by atoms with E-state index >= 15 is 0 Å². The lowest BCUT2D eigenvalue weighted by Gasteiger charge is -2.42. The van der Waals surface area contributed by atoms with Crippen molar-refractivity contribution in [3.63, 3.8) is 0 Å². The molecule has 160 valence electrons. The standard InChI is InChI=1S/C24H33N5O/c1-19-16-23(27-18-26-19)28-14-10-22(11-15-28)29-13-5-8-21(17-29)24(30)25-12-9-20-6-3-2-4-7-20/h2-4,6-7,16,18,21-22H,5,8-15,17H2,1H3,(H,25,30)/t21-/m1/s1. The van der Waals surface area contributed by atoms with Crippen LogP contribution < -0.4 is 10.2 Å². The lowest BCUT2D eigenvalue weighted by molar-refractivity contribution is -0.127. The highest BCUT2D eigenvalue weighted by molar-refractivity contribution is 5.79. The largest absolute Gasteiger partial charge is 0.356 e. The third kappa shape index (κ3) is 5.36. The van der Waals surface area contributed by atoms with Gasteiger partial charge in [0.25, 0.3) is 0 Å². The van der Waals surface area contributed by atoms with Crippen molar-refractivity contribution in [3.8, 4) is 0 Å². The minimum Gasteiger partial charge on any atom is -0.356 e. The average Bonchev–Trinajstić information content (AvgIpc) is 2.80. The second-order valence-corrected chi connectivity index (χ2v) is 8.60. The third-order valence-electron chi connectivity index (χ3n) is 6.47. The molecule has 0 bridgehead atoms. The maximum absolute atomic E-state index is 12.7. The van der Waals surface area contributed by atoms with Crippen molar-refractivity contribution in [2.45, 2.75) is 45.1 Å². The molecular weight excluding hydrogens is 374 g/mol. The summed E-state index contributed by atoms with van der Waals surface area (Å²) in [5.41, 5.74) is 2.29. The number of nitrogens with zero attached hydrogens (tertiary/aromatic N) is 4. The van der Waals surface area contributed by atoms with E-state index in [0.29, 0.717) is 6.04 Å². The maximum Gasteiger partial charge on any atom is 0.224 e. The van der Waals surface area contributed by atoms with Gasteiger partial charge in [0.1, 0.15) is 12.1 Å². The van der Waals surface area contributed by atoms with Gasteiger partial charge in [-0.25, -0.2) is 9.97 Å². The van der Waals surface area contributed by atoms with Crippen LogP contribution in [0.15, 0.2) is 42.7 Å². The fraction of sp³-hybridized carbons (Fsp3) is 0.542. The summed E-state index contributed by atoms with van der Waals surface area (Å²) in [6, 6.07) is 13.0. The minimum atomic E-state index is 0.122. The predicted octanol–water partition coefficient (Wildman–Crippen LogP) is 2.82. The molecule has 1 amide bonds. The van der Waals surface area contributed by atoms with E-state index in [9.17, 15) is 4.79 Å². The number of carbonyl (C=O) groups excluding carboxylic acids is 1. The summed E-state index contributed by atoms with van der Waals surface area (Å²) >= 11 is 0. The smallest absolute Gasteiger partial charge is 0.224 e. The van der Waals surface area contributed by atoms with Crippen molar-refractivity contribution in [2.75, 3.05) is 37.6 Å². The van der Waals surface area contributed by atoms with E-state index in [-0.39, 0.29) is 11.8 Å². The molecule has 0 spiro atoms. The Kier molecular flexibility index (Phi) is 6.95. The van der Waals surface area contributed by atoms with Crippen LogP contribution >= 0.6 is 0 Å². The first-order valence-corrected chi connectivity index (χ1v) is 11.3. The van der Waals surface area contributed by atoms with Gasteiger partial charge in [0.2, 0.25) is 5.91 Å². The summed E-state index contributed by atoms with van der Waals surface area (Å²) in [7, 11) is 0. The van der Waals surface area contributed by atoms with Gasteiger partial charge in [0.15, 0.2) is 0 Å². The summed E-state index contributed by atoms with van der Waals surface area (Å²) in [5, 5.41) is 3.17. The SMILES string of the molecule is Cc1cc(N2CCC(N3CCC[C@@H](C(=O)NCCc4ccccc4)C3)CC2)ncn1. The lowest BCUT2D eigenvalue weighted by atomic mass is 9.93. The lowest BCUT2D eigenvalue weighted by Crippen LogP contribution is -2.51. The van der Waals surface area contributed by atoms with Crippen LogP contribution in [0.1, 0.15) is 36.9 Å². The first kappa shape index (κ1) is 20.8. The van der Waals surface area contributed by atoms with Crippen molar-refractivity contribution in [3.05, 3.63) is 54.0 Å². The number of hydrogen-bond acceptors (Lipinski definition) is 5. The van der Waals surface area contributed by atoms with Crippen LogP contribution in [0.5, 0.6) is 0 Å². The molecule has 6 heteroatoms. The van der Waals surface area contributed by atoms with E-state index in [1.165, 1.54) is 5.56 Å². The Morgan fingerprint density at radius 2 is 1.90 bits per heavy atom. The van der Waals surface area contributed by atoms with Gasteiger partial charge in [-0.3, -0.25) is 9.69 Å². The van der Waals surface area contributed by atoms with E-state index in [4.69, 9.17) is 0 Å². The Morgan fingerprint density at radius 3 is 2.67 bits per heavy atom. The summed E-state index contributed by atoms with van der Waals surface area (Å²) in [6.45, 7) is 6.78. The molecule has 30 heavy (non-hydrogen) atoms. The van der Waals surface area contributed by atoms with E-state index < -0.39 is 0 Å². The zero-order valence-electron chi connectivity index (χ0n) is 18.0. The van der Waals surface area contributed by atoms with E-state index in [1.54, 1.807) is 6.33 Å². The van der Waals surface area contributed by atoms with Crippen LogP contribution in [0.2, 0.25) is 0 Å². The van der Waals surface area contributed by atoms with Crippen LogP contribution in [0.3, 0.4) is 0 Å². The van der Waals surface area contributed by atoms with Crippen molar-refractivity contribution in [1.82, 2.24) is 20.2 Å². The quantitative estimate of drug-likeness (QED) is 0.798. The van der Waals surface area contributed by atoms with Crippen LogP contribution in [0, 0.1) is 12.8 Å². The first-order valence-electron chi connectivity index (χ1n) is 11.3. The highest BCUT2D eigenvalue weighted by Gasteiger charge is 2.31. The number of hydrogen-bond donors (Lipinski definition) is 1. The zero-order chi connectivity index (χ0) is 20.8. The summed E-state index contributed by atoms with van der Waals surface area (Å²) in [4.78, 5) is 26.3. The highest BCUT2D eigenvalue weighted by Crippen LogP contribution is 2.26. The predicted molar refractivity (Wildman–Crippen MR) is 119 cm³/mol. The third-order valence-corrected chi connectivity index (χ3v) is 6.47. The molecule has 0 aliphatic carbocycles. The van der Waals surface area contributed by atoms with Crippen LogP contribution in [0.25, 0.3) is 0 Å². The number of anilines is 1. The fourth-order valence-corrected chi connectivity index (χ4v) is 4.74. The molecule has 1 aromatic carbocycles. The van der Waals surface area contributed by atoms with Gasteiger partial charge in [-0.2, -0.15) is 0 Å². The Bertz CT molecular complexity index is 819. The molecule has 2 aliphatic rings. The van der Waals surface area contributed by atoms with Crippen molar-refractivity contribution in [2.24, 2.45) is 5.92 Å². The van der Waals surface area contributed by atoms with Gasteiger partial charge in [-0.15, -0.1) is 0 Å². The Balaban J connectivity index is 1.23. The molecule has 2 aliphatic heterocycles. The van der Waals surface area contributed by atoms with Crippen molar-refractivity contribution >= 4 is 11.7 Å². The van der Waals surface area contributed by atoms with Crippen LogP contribution in [0.4, 0.5) is 5.82 Å². The number of carbonyl (C=O) groups is 1. The summed E-state index contributed by atoms with van der Waals surface area (Å²) in [6.07, 6.45) is 6.93. The fourth-order valence-electron chi connectivity index (χ4n) is 4.74. The van der Waals surface area contributed by atoms with Gasteiger partial charge in [-0.1, -0.05) is 30.3 Å². The van der Waals surface area contributed by atoms with Gasteiger partial charge in [0.05, 0.1) is 5.92 Å². The van der Waals surface area contributed by atoms with E-state index in [0.717, 1.165) is 76.3 Å². The number of amides is 1. The molecule has 4 rings (SSSR count). The van der Waals surface area contributed by atoms with E-state index in [2.05, 4.69) is 43.3 Å². The monoisotopic (exact) mass is 407 g/mol. The summed E-state index contributed by atoms with van der Waals surface area (Å²) in [5.74, 6) is 1.39. The topological polar surface area (TPSA) is 61.4 Å². The highest BCUT2D eigenvalue weighted by atomic mass is 16.1. The molecule has 2 saturated heterocycles. The molecule has 0 radical (unpaired) electrons. The van der Waals surface area contributed by atoms with Crippen molar-refractivity contribution in [1.29, 1.82) is 0 Å². The zero-order valence-corrected chi connectivity index (χ0v) is 18.0. The maximum atomic E-state index is 12.7. The number of rotatable bonds is 6. The second-order valence-electron chi connectivity index (χ2n) is 8.60. The van der Waals surface area contributed by atoms with Gasteiger partial charge < -0.3 is 10.2 Å². The molecule has 3 heterocycles. The summed E-state index contributed by atoms with van der Waals surface area (Å²) < 4.78 is 0.